The van der Waals surface area contributed by atoms with Crippen LogP contribution in [0, 0.1) is 22.5 Å². The van der Waals surface area contributed by atoms with Gasteiger partial charge in [-0.05, 0) is 12.1 Å². The molecule has 1 aromatic rings. The maximum Gasteiger partial charge on any atom is 0.333 e. The quantitative estimate of drug-likeness (QED) is 0.337. The molecule has 0 saturated carbocycles. The van der Waals surface area contributed by atoms with Crippen LogP contribution in [0.3, 0.4) is 0 Å². The molecule has 14 heavy (non-hydrogen) atoms. The number of nitro benzene ring substituents is 1. The molecule has 0 aliphatic rings. The second-order valence-electron chi connectivity index (χ2n) is 2.44. The number of hydrogen-bond donors (Lipinski definition) is 1. The Kier molecular flexibility index (Phi) is 2.92. The lowest BCUT2D eigenvalue weighted by Gasteiger charge is -2.04. The molecule has 0 bridgehead atoms. The summed E-state index contributed by atoms with van der Waals surface area (Å²) in [6, 6.07) is 4.45. The molecule has 0 amide bonds. The number of nitrogen functional groups attached to an aromatic ring is 1. The van der Waals surface area contributed by atoms with Gasteiger partial charge in [0.15, 0.2) is 5.75 Å². The highest BCUT2D eigenvalue weighted by molar-refractivity contribution is 5.65. The minimum atomic E-state index is -0.596. The van der Waals surface area contributed by atoms with Crippen LogP contribution in [-0.2, 0) is 0 Å². The van der Waals surface area contributed by atoms with E-state index in [0.29, 0.717) is 0 Å². The van der Waals surface area contributed by atoms with Gasteiger partial charge >= 0.3 is 5.69 Å². The van der Waals surface area contributed by atoms with E-state index >= 15 is 0 Å². The zero-order chi connectivity index (χ0) is 10.6. The molecule has 0 saturated heterocycles. The third kappa shape index (κ3) is 1.93. The smallest absolute Gasteiger partial charge is 0.333 e. The maximum absolute atomic E-state index is 10.6. The van der Waals surface area contributed by atoms with Crippen LogP contribution >= 0.6 is 0 Å². The number of hydrogen-bond acceptors (Lipinski definition) is 4. The van der Waals surface area contributed by atoms with E-state index in [2.05, 4.69) is 5.92 Å². The molecule has 0 heterocycles. The van der Waals surface area contributed by atoms with Crippen molar-refractivity contribution in [2.24, 2.45) is 0 Å². The van der Waals surface area contributed by atoms with Crippen LogP contribution in [-0.4, -0.2) is 11.5 Å². The number of nitrogens with zero attached hydrogens (tertiary/aromatic N) is 1. The third-order valence-corrected chi connectivity index (χ3v) is 1.52. The van der Waals surface area contributed by atoms with Gasteiger partial charge in [-0.15, -0.1) is 6.42 Å². The molecule has 0 spiro atoms. The Morgan fingerprint density at radius 3 is 2.93 bits per heavy atom. The fraction of sp³-hybridized carbons (Fsp3) is 0.111. The Balaban J connectivity index is 3.09. The van der Waals surface area contributed by atoms with Gasteiger partial charge in [0, 0.05) is 0 Å². The van der Waals surface area contributed by atoms with Crippen LogP contribution in [0.15, 0.2) is 18.2 Å². The summed E-state index contributed by atoms with van der Waals surface area (Å²) in [4.78, 5) is 10.0. The highest BCUT2D eigenvalue weighted by Gasteiger charge is 2.18. The molecule has 0 aliphatic heterocycles. The Hall–Kier alpha value is -2.22. The molecule has 5 heteroatoms. The second-order valence-corrected chi connectivity index (χ2v) is 2.44. The van der Waals surface area contributed by atoms with Crippen LogP contribution in [0.5, 0.6) is 5.75 Å². The summed E-state index contributed by atoms with van der Waals surface area (Å²) >= 11 is 0. The number of ether oxygens (including phenoxy) is 1. The van der Waals surface area contributed by atoms with Crippen LogP contribution in [0.25, 0.3) is 0 Å². The first-order valence-corrected chi connectivity index (χ1v) is 3.76. The van der Waals surface area contributed by atoms with Crippen molar-refractivity contribution in [2.45, 2.75) is 0 Å². The summed E-state index contributed by atoms with van der Waals surface area (Å²) in [5, 5.41) is 10.6. The topological polar surface area (TPSA) is 78.4 Å². The number of nitrogens with two attached hydrogens (primary N) is 1. The molecule has 0 aliphatic carbocycles. The minimum Gasteiger partial charge on any atom is -0.474 e. The lowest BCUT2D eigenvalue weighted by molar-refractivity contribution is -0.384. The van der Waals surface area contributed by atoms with Crippen molar-refractivity contribution in [1.29, 1.82) is 0 Å². The van der Waals surface area contributed by atoms with E-state index in [-0.39, 0.29) is 23.7 Å². The molecular weight excluding hydrogens is 184 g/mol. The molecule has 0 atom stereocenters. The van der Waals surface area contributed by atoms with E-state index in [9.17, 15) is 10.1 Å². The summed E-state index contributed by atoms with van der Waals surface area (Å²) in [5.74, 6) is 2.31. The number of anilines is 1. The lowest BCUT2D eigenvalue weighted by atomic mass is 10.2. The molecule has 5 nitrogen and oxygen atoms in total. The average Bonchev–Trinajstić information content (AvgIpc) is 2.14. The SMILES string of the molecule is C#CCOc1cccc(N)c1[N+](=O)[O-]. The highest BCUT2D eigenvalue weighted by Crippen LogP contribution is 2.32. The van der Waals surface area contributed by atoms with Gasteiger partial charge in [-0.25, -0.2) is 0 Å². The molecule has 72 valence electrons. The second kappa shape index (κ2) is 4.14. The summed E-state index contributed by atoms with van der Waals surface area (Å²) < 4.78 is 4.97. The monoisotopic (exact) mass is 192 g/mol. The van der Waals surface area contributed by atoms with Gasteiger partial charge in [0.25, 0.3) is 0 Å². The highest BCUT2D eigenvalue weighted by atomic mass is 16.6. The summed E-state index contributed by atoms with van der Waals surface area (Å²) in [6.07, 6.45) is 4.96. The fourth-order valence-corrected chi connectivity index (χ4v) is 0.971. The van der Waals surface area contributed by atoms with E-state index in [1.54, 1.807) is 6.07 Å². The molecule has 1 aromatic carbocycles. The van der Waals surface area contributed by atoms with E-state index in [1.165, 1.54) is 12.1 Å². The molecule has 2 N–H and O–H groups in total. The summed E-state index contributed by atoms with van der Waals surface area (Å²) in [7, 11) is 0. The van der Waals surface area contributed by atoms with Crippen molar-refractivity contribution in [3.05, 3.63) is 28.3 Å². The average molecular weight is 192 g/mol. The Morgan fingerprint density at radius 2 is 2.36 bits per heavy atom. The normalized spacial score (nSPS) is 9.07. The van der Waals surface area contributed by atoms with Crippen molar-refractivity contribution in [3.8, 4) is 18.1 Å². The number of nitro groups is 1. The van der Waals surface area contributed by atoms with Gasteiger partial charge in [-0.1, -0.05) is 12.0 Å². The van der Waals surface area contributed by atoms with Crippen molar-refractivity contribution in [1.82, 2.24) is 0 Å². The molecule has 1 rings (SSSR count). The summed E-state index contributed by atoms with van der Waals surface area (Å²) in [5.41, 5.74) is 5.23. The number of rotatable bonds is 3. The molecular formula is C9H8N2O3. The molecule has 0 aromatic heterocycles. The van der Waals surface area contributed by atoms with Crippen LogP contribution < -0.4 is 10.5 Å². The maximum atomic E-state index is 10.6. The fourth-order valence-electron chi connectivity index (χ4n) is 0.971. The van der Waals surface area contributed by atoms with Crippen molar-refractivity contribution in [2.75, 3.05) is 12.3 Å². The van der Waals surface area contributed by atoms with E-state index in [0.717, 1.165) is 0 Å². The van der Waals surface area contributed by atoms with E-state index in [1.807, 2.05) is 0 Å². The van der Waals surface area contributed by atoms with Crippen LogP contribution in [0.2, 0.25) is 0 Å². The first-order valence-electron chi connectivity index (χ1n) is 3.76. The van der Waals surface area contributed by atoms with Gasteiger partial charge in [0.1, 0.15) is 12.3 Å². The van der Waals surface area contributed by atoms with Gasteiger partial charge in [0.2, 0.25) is 0 Å². The van der Waals surface area contributed by atoms with Crippen LogP contribution in [0.4, 0.5) is 11.4 Å². The predicted octanol–water partition coefficient (Wildman–Crippen LogP) is 1.19. The van der Waals surface area contributed by atoms with Crippen molar-refractivity contribution < 1.29 is 9.66 Å². The minimum absolute atomic E-state index is 0.0235. The third-order valence-electron chi connectivity index (χ3n) is 1.52. The van der Waals surface area contributed by atoms with E-state index < -0.39 is 4.92 Å². The molecule has 0 fully saturated rings. The van der Waals surface area contributed by atoms with Gasteiger partial charge in [0.05, 0.1) is 4.92 Å². The first-order chi connectivity index (χ1) is 6.66. The zero-order valence-electron chi connectivity index (χ0n) is 7.27. The Labute approximate surface area is 80.6 Å². The number of terminal acetylenes is 1. The largest absolute Gasteiger partial charge is 0.474 e. The molecule has 0 radical (unpaired) electrons. The van der Waals surface area contributed by atoms with Crippen molar-refractivity contribution >= 4 is 11.4 Å². The summed E-state index contributed by atoms with van der Waals surface area (Å²) in [6.45, 7) is -0.0235. The molecule has 0 unspecified atom stereocenters. The lowest BCUT2D eigenvalue weighted by Crippen LogP contribution is -2.01. The zero-order valence-corrected chi connectivity index (χ0v) is 7.27. The standard InChI is InChI=1S/C9H8N2O3/c1-2-6-14-8-5-3-4-7(10)9(8)11(12)13/h1,3-5H,6,10H2. The number of benzene rings is 1. The Bertz CT molecular complexity index is 396. The first kappa shape index (κ1) is 9.86. The number of para-hydroxylation sites is 1. The predicted molar refractivity (Wildman–Crippen MR) is 51.8 cm³/mol. The van der Waals surface area contributed by atoms with Gasteiger partial charge in [-0.2, -0.15) is 0 Å². The van der Waals surface area contributed by atoms with Crippen molar-refractivity contribution in [3.63, 3.8) is 0 Å². The van der Waals surface area contributed by atoms with E-state index in [4.69, 9.17) is 16.9 Å². The van der Waals surface area contributed by atoms with Crippen LogP contribution in [0.1, 0.15) is 0 Å². The van der Waals surface area contributed by atoms with Gasteiger partial charge < -0.3 is 10.5 Å². The van der Waals surface area contributed by atoms with Gasteiger partial charge in [-0.3, -0.25) is 10.1 Å². The Morgan fingerprint density at radius 1 is 1.64 bits per heavy atom.